The number of hydrogen-bond donors (Lipinski definition) is 2. The van der Waals surface area contributed by atoms with Gasteiger partial charge in [0, 0.05) is 5.56 Å². The van der Waals surface area contributed by atoms with E-state index >= 15 is 0 Å². The molecule has 3 rings (SSSR count). The number of carboxylic acid groups (broad SMARTS) is 1. The first-order chi connectivity index (χ1) is 14.5. The average Bonchev–Trinajstić information content (AvgIpc) is 2.79. The fourth-order valence-electron chi connectivity index (χ4n) is 2.60. The molecule has 0 aliphatic heterocycles. The lowest BCUT2D eigenvalue weighted by atomic mass is 10.1. The van der Waals surface area contributed by atoms with Crippen molar-refractivity contribution in [3.8, 4) is 11.8 Å². The summed E-state index contributed by atoms with van der Waals surface area (Å²) in [6.07, 6.45) is 1.38. The average molecular weight is 398 g/mol. The molecule has 2 N–H and O–H groups in total. The molecule has 0 aliphatic carbocycles. The van der Waals surface area contributed by atoms with Crippen molar-refractivity contribution >= 4 is 18.0 Å². The molecule has 3 aromatic rings. The van der Waals surface area contributed by atoms with Gasteiger partial charge in [-0.2, -0.15) is 5.26 Å². The lowest BCUT2D eigenvalue weighted by Crippen LogP contribution is -2.27. The summed E-state index contributed by atoms with van der Waals surface area (Å²) >= 11 is 0. The second-order valence-electron chi connectivity index (χ2n) is 6.35. The summed E-state index contributed by atoms with van der Waals surface area (Å²) in [5.74, 6) is -1.12. The molecule has 148 valence electrons. The number of nitriles is 1. The molecule has 0 saturated heterocycles. The predicted molar refractivity (Wildman–Crippen MR) is 111 cm³/mol. The van der Waals surface area contributed by atoms with Gasteiger partial charge in [0.25, 0.3) is 5.91 Å². The molecule has 6 nitrogen and oxygen atoms in total. The van der Waals surface area contributed by atoms with Crippen molar-refractivity contribution in [2.45, 2.75) is 6.61 Å². The number of nitrogens with zero attached hydrogens (tertiary/aromatic N) is 1. The van der Waals surface area contributed by atoms with Gasteiger partial charge in [-0.25, -0.2) is 4.79 Å². The highest BCUT2D eigenvalue weighted by Crippen LogP contribution is 2.16. The highest BCUT2D eigenvalue weighted by Gasteiger charge is 2.13. The highest BCUT2D eigenvalue weighted by molar-refractivity contribution is 6.02. The van der Waals surface area contributed by atoms with E-state index in [1.165, 1.54) is 6.08 Å². The van der Waals surface area contributed by atoms with E-state index in [0.29, 0.717) is 29.0 Å². The van der Waals surface area contributed by atoms with Gasteiger partial charge in [-0.15, -0.1) is 0 Å². The second kappa shape index (κ2) is 9.71. The summed E-state index contributed by atoms with van der Waals surface area (Å²) in [6, 6.07) is 24.4. The van der Waals surface area contributed by atoms with E-state index in [1.54, 1.807) is 66.7 Å². The molecule has 0 radical (unpaired) electrons. The van der Waals surface area contributed by atoms with Crippen LogP contribution in [0.15, 0.2) is 84.6 Å². The van der Waals surface area contributed by atoms with Gasteiger partial charge in [0.15, 0.2) is 0 Å². The van der Waals surface area contributed by atoms with Crippen LogP contribution in [0, 0.1) is 11.3 Å². The van der Waals surface area contributed by atoms with Gasteiger partial charge in [-0.1, -0.05) is 42.5 Å². The van der Waals surface area contributed by atoms with Crippen molar-refractivity contribution in [3.63, 3.8) is 0 Å². The number of rotatable bonds is 7. The molecule has 0 atom stereocenters. The van der Waals surface area contributed by atoms with Crippen LogP contribution in [0.25, 0.3) is 6.08 Å². The Hall–Kier alpha value is -4.37. The first-order valence-electron chi connectivity index (χ1n) is 9.08. The van der Waals surface area contributed by atoms with Crippen molar-refractivity contribution in [2.75, 3.05) is 0 Å². The third-order valence-corrected chi connectivity index (χ3v) is 4.19. The molecule has 3 aromatic carbocycles. The van der Waals surface area contributed by atoms with E-state index < -0.39 is 11.9 Å². The fourth-order valence-corrected chi connectivity index (χ4v) is 2.60. The van der Waals surface area contributed by atoms with Crippen LogP contribution in [0.3, 0.4) is 0 Å². The molecule has 0 unspecified atom stereocenters. The second-order valence-corrected chi connectivity index (χ2v) is 6.35. The fraction of sp³-hybridized carbons (Fsp3) is 0.0417. The number of aliphatic carboxylic acids is 1. The summed E-state index contributed by atoms with van der Waals surface area (Å²) in [6.45, 7) is 0.342. The number of carboxylic acids is 1. The minimum absolute atomic E-state index is 0.227. The van der Waals surface area contributed by atoms with Crippen LogP contribution in [0.1, 0.15) is 27.0 Å². The molecule has 6 heteroatoms. The molecule has 0 heterocycles. The Morgan fingerprint density at radius 2 is 1.63 bits per heavy atom. The van der Waals surface area contributed by atoms with E-state index in [2.05, 4.69) is 11.4 Å². The number of hydrogen-bond acceptors (Lipinski definition) is 4. The molecule has 1 amide bonds. The van der Waals surface area contributed by atoms with Crippen molar-refractivity contribution in [1.29, 1.82) is 5.26 Å². The van der Waals surface area contributed by atoms with Gasteiger partial charge in [-0.05, 0) is 53.6 Å². The molecular weight excluding hydrogens is 380 g/mol. The monoisotopic (exact) mass is 398 g/mol. The van der Waals surface area contributed by atoms with E-state index in [9.17, 15) is 14.7 Å². The van der Waals surface area contributed by atoms with Gasteiger partial charge in [0.2, 0.25) is 0 Å². The highest BCUT2D eigenvalue weighted by atomic mass is 16.5. The number of amides is 1. The Morgan fingerprint density at radius 1 is 0.967 bits per heavy atom. The Kier molecular flexibility index (Phi) is 6.59. The number of nitrogens with one attached hydrogen (secondary N) is 1. The molecule has 0 fully saturated rings. The van der Waals surface area contributed by atoms with Crippen LogP contribution >= 0.6 is 0 Å². The Morgan fingerprint density at radius 3 is 2.23 bits per heavy atom. The summed E-state index contributed by atoms with van der Waals surface area (Å²) in [7, 11) is 0. The SMILES string of the molecule is N#Cc1ccc(COc2ccc(C=C(NC(=O)c3ccccc3)C(=O)O)cc2)cc1. The zero-order chi connectivity index (χ0) is 21.3. The van der Waals surface area contributed by atoms with Gasteiger partial charge >= 0.3 is 5.97 Å². The maximum Gasteiger partial charge on any atom is 0.352 e. The number of benzene rings is 3. The van der Waals surface area contributed by atoms with Crippen LogP contribution in [-0.2, 0) is 11.4 Å². The summed E-state index contributed by atoms with van der Waals surface area (Å²) in [4.78, 5) is 23.7. The lowest BCUT2D eigenvalue weighted by Gasteiger charge is -2.08. The molecule has 0 saturated carbocycles. The van der Waals surface area contributed by atoms with Crippen LogP contribution in [0.2, 0.25) is 0 Å². The molecule has 0 spiro atoms. The Labute approximate surface area is 173 Å². The topological polar surface area (TPSA) is 99.4 Å². The minimum Gasteiger partial charge on any atom is -0.489 e. The van der Waals surface area contributed by atoms with Crippen molar-refractivity contribution < 1.29 is 19.4 Å². The zero-order valence-electron chi connectivity index (χ0n) is 15.9. The number of ether oxygens (including phenoxy) is 1. The molecule has 0 aliphatic rings. The van der Waals surface area contributed by atoms with Gasteiger partial charge in [0.1, 0.15) is 18.1 Å². The third-order valence-electron chi connectivity index (χ3n) is 4.19. The first kappa shape index (κ1) is 20.4. The summed E-state index contributed by atoms with van der Waals surface area (Å²) in [5.41, 5.74) is 2.26. The molecule has 0 bridgehead atoms. The first-order valence-corrected chi connectivity index (χ1v) is 9.08. The van der Waals surface area contributed by atoms with Gasteiger partial charge in [-0.3, -0.25) is 4.79 Å². The van der Waals surface area contributed by atoms with Gasteiger partial charge < -0.3 is 15.2 Å². The van der Waals surface area contributed by atoms with Crippen molar-refractivity contribution in [1.82, 2.24) is 5.32 Å². The van der Waals surface area contributed by atoms with E-state index in [1.807, 2.05) is 12.1 Å². The normalized spacial score (nSPS) is 10.7. The van der Waals surface area contributed by atoms with E-state index in [-0.39, 0.29) is 5.70 Å². The number of carbonyl (C=O) groups excluding carboxylic acids is 1. The van der Waals surface area contributed by atoms with Crippen molar-refractivity contribution in [2.24, 2.45) is 0 Å². The summed E-state index contributed by atoms with van der Waals surface area (Å²) in [5, 5.41) is 20.6. The van der Waals surface area contributed by atoms with E-state index in [4.69, 9.17) is 10.00 Å². The molecular formula is C24H18N2O4. The third kappa shape index (κ3) is 5.57. The van der Waals surface area contributed by atoms with Crippen LogP contribution in [0.5, 0.6) is 5.75 Å². The van der Waals surface area contributed by atoms with Gasteiger partial charge in [0.05, 0.1) is 11.6 Å². The smallest absolute Gasteiger partial charge is 0.352 e. The largest absolute Gasteiger partial charge is 0.489 e. The summed E-state index contributed by atoms with van der Waals surface area (Å²) < 4.78 is 5.71. The predicted octanol–water partition coefficient (Wildman–Crippen LogP) is 3.99. The Bertz CT molecular complexity index is 1100. The minimum atomic E-state index is -1.24. The number of carbonyl (C=O) groups is 2. The zero-order valence-corrected chi connectivity index (χ0v) is 15.9. The van der Waals surface area contributed by atoms with Crippen LogP contribution in [-0.4, -0.2) is 17.0 Å². The van der Waals surface area contributed by atoms with E-state index in [0.717, 1.165) is 5.56 Å². The standard InChI is InChI=1S/C24H18N2O4/c25-15-18-6-8-19(9-7-18)16-30-21-12-10-17(11-13-21)14-22(24(28)29)26-23(27)20-4-2-1-3-5-20/h1-14H,16H2,(H,26,27)(H,28,29). The maximum atomic E-state index is 12.2. The van der Waals surface area contributed by atoms with Crippen LogP contribution < -0.4 is 10.1 Å². The van der Waals surface area contributed by atoms with Crippen molar-refractivity contribution in [3.05, 3.63) is 107 Å². The maximum absolute atomic E-state index is 12.2. The lowest BCUT2D eigenvalue weighted by molar-refractivity contribution is -0.132. The molecule has 30 heavy (non-hydrogen) atoms. The van der Waals surface area contributed by atoms with Crippen LogP contribution in [0.4, 0.5) is 0 Å². The Balaban J connectivity index is 1.65. The quantitative estimate of drug-likeness (QED) is 0.586. The molecule has 0 aromatic heterocycles.